The number of carbonyl (C=O) groups is 1. The lowest BCUT2D eigenvalue weighted by Gasteiger charge is -2.28. The van der Waals surface area contributed by atoms with Crippen LogP contribution in [0.1, 0.15) is 13.8 Å². The van der Waals surface area contributed by atoms with Gasteiger partial charge >= 0.3 is 0 Å². The fraction of sp³-hybridized carbons (Fsp3) is 0.417. The first-order chi connectivity index (χ1) is 9.18. The van der Waals surface area contributed by atoms with Gasteiger partial charge in [-0.25, -0.2) is 8.42 Å². The van der Waals surface area contributed by atoms with Crippen molar-refractivity contribution in [1.82, 2.24) is 5.32 Å². The van der Waals surface area contributed by atoms with Gasteiger partial charge in [0.2, 0.25) is 15.9 Å². The van der Waals surface area contributed by atoms with Gasteiger partial charge in [-0.05, 0) is 32.0 Å². The Kier molecular flexibility index (Phi) is 5.68. The molecule has 1 N–H and O–H groups in total. The van der Waals surface area contributed by atoms with E-state index in [2.05, 4.69) is 5.32 Å². The number of benzene rings is 1. The first kappa shape index (κ1) is 17.1. The highest BCUT2D eigenvalue weighted by Crippen LogP contribution is 2.32. The van der Waals surface area contributed by atoms with Gasteiger partial charge in [0.25, 0.3) is 0 Å². The number of nitrogens with zero attached hydrogens (tertiary/aromatic N) is 1. The highest BCUT2D eigenvalue weighted by molar-refractivity contribution is 7.92. The lowest BCUT2D eigenvalue weighted by molar-refractivity contribution is -0.121. The van der Waals surface area contributed by atoms with E-state index in [-0.39, 0.29) is 10.7 Å². The largest absolute Gasteiger partial charge is 0.355 e. The molecular weight excluding hydrogens is 323 g/mol. The molecule has 1 aromatic carbocycles. The van der Waals surface area contributed by atoms with Crippen molar-refractivity contribution in [2.45, 2.75) is 19.9 Å². The van der Waals surface area contributed by atoms with Gasteiger partial charge in [0.15, 0.2) is 0 Å². The number of halogens is 2. The summed E-state index contributed by atoms with van der Waals surface area (Å²) >= 11 is 11.9. The van der Waals surface area contributed by atoms with Crippen LogP contribution in [0, 0.1) is 0 Å². The van der Waals surface area contributed by atoms with Crippen LogP contribution in [-0.2, 0) is 14.8 Å². The van der Waals surface area contributed by atoms with Crippen LogP contribution in [0.4, 0.5) is 5.69 Å². The molecular formula is C12H16Cl2N2O3S. The molecule has 0 aliphatic rings. The topological polar surface area (TPSA) is 66.5 Å². The molecule has 0 saturated carbocycles. The Hall–Kier alpha value is -0.980. The average molecular weight is 339 g/mol. The molecule has 5 nitrogen and oxygen atoms in total. The van der Waals surface area contributed by atoms with E-state index in [9.17, 15) is 13.2 Å². The van der Waals surface area contributed by atoms with Crippen molar-refractivity contribution in [2.75, 3.05) is 17.1 Å². The molecule has 0 fully saturated rings. The van der Waals surface area contributed by atoms with E-state index >= 15 is 0 Å². The molecule has 0 bridgehead atoms. The minimum atomic E-state index is -3.69. The Morgan fingerprint density at radius 3 is 2.50 bits per heavy atom. The first-order valence-corrected chi connectivity index (χ1v) is 8.51. The van der Waals surface area contributed by atoms with Gasteiger partial charge in [0.05, 0.1) is 17.0 Å². The quantitative estimate of drug-likeness (QED) is 0.895. The minimum Gasteiger partial charge on any atom is -0.355 e. The fourth-order valence-corrected chi connectivity index (χ4v) is 3.36. The Morgan fingerprint density at radius 2 is 2.00 bits per heavy atom. The molecule has 0 aliphatic heterocycles. The molecule has 8 heteroatoms. The van der Waals surface area contributed by atoms with E-state index in [1.807, 2.05) is 0 Å². The zero-order chi connectivity index (χ0) is 15.5. The molecule has 1 aromatic rings. The summed E-state index contributed by atoms with van der Waals surface area (Å²) in [4.78, 5) is 11.9. The van der Waals surface area contributed by atoms with Gasteiger partial charge < -0.3 is 5.32 Å². The van der Waals surface area contributed by atoms with Crippen molar-refractivity contribution < 1.29 is 13.2 Å². The second-order valence-corrected chi connectivity index (χ2v) is 6.93. The number of carbonyl (C=O) groups excluding carboxylic acids is 1. The van der Waals surface area contributed by atoms with Crippen LogP contribution in [0.25, 0.3) is 0 Å². The molecule has 1 rings (SSSR count). The number of amides is 1. The molecule has 0 saturated heterocycles. The summed E-state index contributed by atoms with van der Waals surface area (Å²) in [6, 6.07) is 3.52. The van der Waals surface area contributed by atoms with Gasteiger partial charge in [-0.2, -0.15) is 0 Å². The maximum Gasteiger partial charge on any atom is 0.243 e. The molecule has 0 spiro atoms. The predicted octanol–water partition coefficient (Wildman–Crippen LogP) is 2.28. The standard InChI is InChI=1S/C12H16Cl2N2O3S/c1-4-15-12(17)8(2)16(20(3,18)19)11-7-9(13)5-6-10(11)14/h5-8H,4H2,1-3H3,(H,15,17)/t8-/m1/s1. The third-order valence-electron chi connectivity index (χ3n) is 2.59. The molecule has 0 heterocycles. The molecule has 0 aromatic heterocycles. The van der Waals surface area contributed by atoms with Crippen LogP contribution in [0.5, 0.6) is 0 Å². The van der Waals surface area contributed by atoms with Crippen molar-refractivity contribution >= 4 is 44.8 Å². The summed E-state index contributed by atoms with van der Waals surface area (Å²) in [7, 11) is -3.69. The van der Waals surface area contributed by atoms with Crippen LogP contribution in [0.2, 0.25) is 10.0 Å². The van der Waals surface area contributed by atoms with E-state index in [1.165, 1.54) is 19.1 Å². The number of rotatable bonds is 5. The zero-order valence-electron chi connectivity index (χ0n) is 11.4. The molecule has 112 valence electrons. The normalized spacial score (nSPS) is 12.8. The Bertz CT molecular complexity index is 605. The van der Waals surface area contributed by atoms with Crippen molar-refractivity contribution in [3.8, 4) is 0 Å². The second-order valence-electron chi connectivity index (χ2n) is 4.23. The number of likely N-dealkylation sites (N-methyl/N-ethyl adjacent to an activating group) is 1. The lowest BCUT2D eigenvalue weighted by Crippen LogP contribution is -2.48. The molecule has 1 amide bonds. The zero-order valence-corrected chi connectivity index (χ0v) is 13.7. The Labute approximate surface area is 128 Å². The van der Waals surface area contributed by atoms with Crippen molar-refractivity contribution in [3.63, 3.8) is 0 Å². The highest BCUT2D eigenvalue weighted by Gasteiger charge is 2.30. The fourth-order valence-electron chi connectivity index (χ4n) is 1.76. The third-order valence-corrected chi connectivity index (χ3v) is 4.37. The third kappa shape index (κ3) is 4.01. The summed E-state index contributed by atoms with van der Waals surface area (Å²) in [6.07, 6.45) is 1.01. The summed E-state index contributed by atoms with van der Waals surface area (Å²) in [6.45, 7) is 3.65. The maximum atomic E-state index is 12.0. The van der Waals surface area contributed by atoms with Gasteiger partial charge in [-0.15, -0.1) is 0 Å². The van der Waals surface area contributed by atoms with E-state index in [4.69, 9.17) is 23.2 Å². The van der Waals surface area contributed by atoms with E-state index < -0.39 is 22.0 Å². The highest BCUT2D eigenvalue weighted by atomic mass is 35.5. The number of hydrogen-bond acceptors (Lipinski definition) is 3. The molecule has 0 aliphatic carbocycles. The van der Waals surface area contributed by atoms with Crippen molar-refractivity contribution in [3.05, 3.63) is 28.2 Å². The monoisotopic (exact) mass is 338 g/mol. The number of nitrogens with one attached hydrogen (secondary N) is 1. The van der Waals surface area contributed by atoms with Crippen molar-refractivity contribution in [2.24, 2.45) is 0 Å². The first-order valence-electron chi connectivity index (χ1n) is 5.90. The van der Waals surface area contributed by atoms with Crippen LogP contribution in [-0.4, -0.2) is 33.2 Å². The van der Waals surface area contributed by atoms with E-state index in [0.717, 1.165) is 10.6 Å². The smallest absolute Gasteiger partial charge is 0.243 e. The van der Waals surface area contributed by atoms with Crippen LogP contribution in [0.3, 0.4) is 0 Å². The van der Waals surface area contributed by atoms with Crippen LogP contribution >= 0.6 is 23.2 Å². The number of hydrogen-bond donors (Lipinski definition) is 1. The molecule has 20 heavy (non-hydrogen) atoms. The van der Waals surface area contributed by atoms with Crippen LogP contribution in [0.15, 0.2) is 18.2 Å². The minimum absolute atomic E-state index is 0.181. The average Bonchev–Trinajstić information content (AvgIpc) is 2.32. The van der Waals surface area contributed by atoms with Gasteiger partial charge in [0, 0.05) is 11.6 Å². The van der Waals surface area contributed by atoms with E-state index in [0.29, 0.717) is 11.6 Å². The van der Waals surface area contributed by atoms with Gasteiger partial charge in [-0.1, -0.05) is 23.2 Å². The second kappa shape index (κ2) is 6.65. The summed E-state index contributed by atoms with van der Waals surface area (Å²) < 4.78 is 24.9. The Balaban J connectivity index is 3.34. The van der Waals surface area contributed by atoms with Gasteiger partial charge in [0.1, 0.15) is 6.04 Å². The molecule has 0 radical (unpaired) electrons. The van der Waals surface area contributed by atoms with E-state index in [1.54, 1.807) is 13.0 Å². The maximum absolute atomic E-state index is 12.0. The lowest BCUT2D eigenvalue weighted by atomic mass is 10.2. The predicted molar refractivity (Wildman–Crippen MR) is 81.9 cm³/mol. The Morgan fingerprint density at radius 1 is 1.40 bits per heavy atom. The summed E-state index contributed by atoms with van der Waals surface area (Å²) in [5.74, 6) is -0.408. The van der Waals surface area contributed by atoms with Gasteiger partial charge in [-0.3, -0.25) is 9.10 Å². The molecule has 0 unspecified atom stereocenters. The number of anilines is 1. The molecule has 1 atom stereocenters. The van der Waals surface area contributed by atoms with Crippen LogP contribution < -0.4 is 9.62 Å². The number of sulfonamides is 1. The SMILES string of the molecule is CCNC(=O)[C@@H](C)N(c1cc(Cl)ccc1Cl)S(C)(=O)=O. The van der Waals surface area contributed by atoms with Crippen molar-refractivity contribution in [1.29, 1.82) is 0 Å². The summed E-state index contributed by atoms with van der Waals surface area (Å²) in [5, 5.41) is 3.12. The summed E-state index contributed by atoms with van der Waals surface area (Å²) in [5.41, 5.74) is 0.181.